The fourth-order valence-electron chi connectivity index (χ4n) is 3.58. The van der Waals surface area contributed by atoms with Crippen LogP contribution in [-0.2, 0) is 6.54 Å². The van der Waals surface area contributed by atoms with Crippen molar-refractivity contribution in [3.8, 4) is 0 Å². The number of aromatic nitrogens is 3. The third-order valence-electron chi connectivity index (χ3n) is 4.35. The van der Waals surface area contributed by atoms with E-state index >= 15 is 0 Å². The summed E-state index contributed by atoms with van der Waals surface area (Å²) in [6, 6.07) is 12.9. The highest BCUT2D eigenvalue weighted by molar-refractivity contribution is 6.24. The molecule has 20 heavy (non-hydrogen) atoms. The summed E-state index contributed by atoms with van der Waals surface area (Å²) in [5.41, 5.74) is 6.13. The number of hydrogen-bond donors (Lipinski definition) is 0. The molecule has 0 saturated carbocycles. The van der Waals surface area contributed by atoms with Crippen LogP contribution in [0.1, 0.15) is 6.92 Å². The number of hydrogen-bond acceptors (Lipinski definition) is 1. The van der Waals surface area contributed by atoms with Gasteiger partial charge in [0.2, 0.25) is 0 Å². The second-order valence-corrected chi connectivity index (χ2v) is 5.23. The van der Waals surface area contributed by atoms with Crippen LogP contribution in [0.25, 0.3) is 38.4 Å². The molecule has 0 aliphatic rings. The van der Waals surface area contributed by atoms with E-state index < -0.39 is 0 Å². The smallest absolute Gasteiger partial charge is 0.0970 e. The maximum atomic E-state index is 4.65. The van der Waals surface area contributed by atoms with Crippen molar-refractivity contribution in [3.63, 3.8) is 0 Å². The third kappa shape index (κ3) is 0.977. The first kappa shape index (κ1) is 10.3. The van der Waals surface area contributed by atoms with Gasteiger partial charge in [0, 0.05) is 29.7 Å². The van der Waals surface area contributed by atoms with Crippen molar-refractivity contribution in [2.45, 2.75) is 13.5 Å². The zero-order chi connectivity index (χ0) is 13.3. The molecule has 3 nitrogen and oxygen atoms in total. The quantitative estimate of drug-likeness (QED) is 0.416. The summed E-state index contributed by atoms with van der Waals surface area (Å²) in [6.07, 6.45) is 4.04. The maximum absolute atomic E-state index is 4.65. The normalized spacial score (nSPS) is 12.4. The lowest BCUT2D eigenvalue weighted by atomic mass is 10.1. The minimum atomic E-state index is 0.974. The summed E-state index contributed by atoms with van der Waals surface area (Å²) in [4.78, 5) is 4.65. The first-order valence-electron chi connectivity index (χ1n) is 6.98. The molecule has 0 unspecified atom stereocenters. The lowest BCUT2D eigenvalue weighted by molar-refractivity contribution is 0.827. The van der Waals surface area contributed by atoms with Crippen molar-refractivity contribution in [1.29, 1.82) is 0 Å². The molecule has 5 rings (SSSR count). The molecule has 0 amide bonds. The molecule has 3 heteroatoms. The van der Waals surface area contributed by atoms with Crippen molar-refractivity contribution in [3.05, 3.63) is 48.8 Å². The van der Waals surface area contributed by atoms with Crippen LogP contribution in [0.4, 0.5) is 0 Å². The lowest BCUT2D eigenvalue weighted by Crippen LogP contribution is -1.92. The third-order valence-corrected chi connectivity index (χ3v) is 4.35. The Morgan fingerprint density at radius 3 is 2.60 bits per heavy atom. The summed E-state index contributed by atoms with van der Waals surface area (Å²) in [6.45, 7) is 3.17. The molecular weight excluding hydrogens is 246 g/mol. The summed E-state index contributed by atoms with van der Waals surface area (Å²) in [5, 5.41) is 2.63. The van der Waals surface area contributed by atoms with Crippen LogP contribution in [0.15, 0.2) is 48.8 Å². The van der Waals surface area contributed by atoms with E-state index in [1.807, 2.05) is 6.20 Å². The minimum Gasteiger partial charge on any atom is -0.341 e. The predicted octanol–water partition coefficient (Wildman–Crippen LogP) is 4.05. The summed E-state index contributed by atoms with van der Waals surface area (Å²) in [7, 11) is 0. The van der Waals surface area contributed by atoms with Crippen LogP contribution in [0.3, 0.4) is 0 Å². The molecule has 5 aromatic rings. The molecule has 0 atom stereocenters. The molecule has 0 saturated heterocycles. The molecule has 0 aliphatic heterocycles. The SMILES string of the molecule is CCn1c2ccnc3c2c2c1cccc2n1cccc31. The van der Waals surface area contributed by atoms with Crippen LogP contribution in [0.5, 0.6) is 0 Å². The molecule has 4 heterocycles. The monoisotopic (exact) mass is 259 g/mol. The first-order chi connectivity index (χ1) is 9.90. The molecule has 96 valence electrons. The Morgan fingerprint density at radius 1 is 0.900 bits per heavy atom. The summed E-state index contributed by atoms with van der Waals surface area (Å²) >= 11 is 0. The Bertz CT molecular complexity index is 999. The fourth-order valence-corrected chi connectivity index (χ4v) is 3.58. The highest BCUT2D eigenvalue weighted by Crippen LogP contribution is 2.37. The molecule has 0 fully saturated rings. The molecule has 0 aliphatic carbocycles. The number of fused-ring (bicyclic) bond motifs is 3. The zero-order valence-electron chi connectivity index (χ0n) is 11.2. The van der Waals surface area contributed by atoms with E-state index in [-0.39, 0.29) is 0 Å². The van der Waals surface area contributed by atoms with Crippen LogP contribution in [0.2, 0.25) is 0 Å². The van der Waals surface area contributed by atoms with Crippen molar-refractivity contribution in [1.82, 2.24) is 14.0 Å². The van der Waals surface area contributed by atoms with Gasteiger partial charge in [-0.2, -0.15) is 0 Å². The van der Waals surface area contributed by atoms with Gasteiger partial charge in [-0.25, -0.2) is 0 Å². The van der Waals surface area contributed by atoms with Gasteiger partial charge < -0.3 is 8.97 Å². The van der Waals surface area contributed by atoms with Gasteiger partial charge in [-0.15, -0.1) is 0 Å². The average Bonchev–Trinajstić information content (AvgIpc) is 3.09. The Morgan fingerprint density at radius 2 is 1.70 bits per heavy atom. The molecule has 0 bridgehead atoms. The summed E-state index contributed by atoms with van der Waals surface area (Å²) in [5.74, 6) is 0. The van der Waals surface area contributed by atoms with Gasteiger partial charge in [-0.05, 0) is 37.3 Å². The van der Waals surface area contributed by atoms with E-state index in [1.165, 1.54) is 32.8 Å². The average molecular weight is 259 g/mol. The van der Waals surface area contributed by atoms with Gasteiger partial charge in [-0.3, -0.25) is 4.98 Å². The van der Waals surface area contributed by atoms with E-state index in [9.17, 15) is 0 Å². The minimum absolute atomic E-state index is 0.974. The topological polar surface area (TPSA) is 22.2 Å². The number of aryl methyl sites for hydroxylation is 1. The Balaban J connectivity index is 2.31. The van der Waals surface area contributed by atoms with Crippen LogP contribution < -0.4 is 0 Å². The van der Waals surface area contributed by atoms with E-state index in [0.717, 1.165) is 12.1 Å². The standard InChI is InChI=1S/C17H13N3/c1-2-19-11-5-3-6-12-15(11)16-13(19)8-9-18-17(16)14-7-4-10-20(12)14/h3-10H,2H2,1H3. The van der Waals surface area contributed by atoms with E-state index in [0.29, 0.717) is 0 Å². The van der Waals surface area contributed by atoms with Crippen LogP contribution >= 0.6 is 0 Å². The van der Waals surface area contributed by atoms with Gasteiger partial charge in [0.15, 0.2) is 0 Å². The molecule has 1 aromatic carbocycles. The zero-order valence-corrected chi connectivity index (χ0v) is 11.2. The van der Waals surface area contributed by atoms with Gasteiger partial charge in [0.05, 0.1) is 27.6 Å². The number of rotatable bonds is 1. The molecule has 0 radical (unpaired) electrons. The van der Waals surface area contributed by atoms with Gasteiger partial charge >= 0.3 is 0 Å². The van der Waals surface area contributed by atoms with Gasteiger partial charge in [0.25, 0.3) is 0 Å². The van der Waals surface area contributed by atoms with Crippen LogP contribution in [0, 0.1) is 0 Å². The fraction of sp³-hybridized carbons (Fsp3) is 0.118. The second-order valence-electron chi connectivity index (χ2n) is 5.23. The molecule has 4 aromatic heterocycles. The van der Waals surface area contributed by atoms with E-state index in [2.05, 4.69) is 63.5 Å². The molecular formula is C17H13N3. The van der Waals surface area contributed by atoms with E-state index in [1.54, 1.807) is 0 Å². The van der Waals surface area contributed by atoms with Crippen molar-refractivity contribution in [2.24, 2.45) is 0 Å². The number of nitrogens with zero attached hydrogens (tertiary/aromatic N) is 3. The second kappa shape index (κ2) is 3.31. The molecule has 0 N–H and O–H groups in total. The predicted molar refractivity (Wildman–Crippen MR) is 82.6 cm³/mol. The van der Waals surface area contributed by atoms with Crippen molar-refractivity contribution >= 4 is 38.4 Å². The van der Waals surface area contributed by atoms with Crippen molar-refractivity contribution in [2.75, 3.05) is 0 Å². The summed E-state index contributed by atoms with van der Waals surface area (Å²) < 4.78 is 4.63. The Labute approximate surface area is 115 Å². The van der Waals surface area contributed by atoms with Crippen LogP contribution in [-0.4, -0.2) is 14.0 Å². The highest BCUT2D eigenvalue weighted by atomic mass is 15.0. The Kier molecular flexibility index (Phi) is 1.70. The van der Waals surface area contributed by atoms with Crippen molar-refractivity contribution < 1.29 is 0 Å². The Hall–Kier alpha value is -2.55. The lowest BCUT2D eigenvalue weighted by Gasteiger charge is -2.06. The first-order valence-corrected chi connectivity index (χ1v) is 6.98. The van der Waals surface area contributed by atoms with Gasteiger partial charge in [0.1, 0.15) is 0 Å². The highest BCUT2D eigenvalue weighted by Gasteiger charge is 2.18. The van der Waals surface area contributed by atoms with E-state index in [4.69, 9.17) is 0 Å². The number of benzene rings is 1. The molecule has 0 spiro atoms. The maximum Gasteiger partial charge on any atom is 0.0970 e. The largest absolute Gasteiger partial charge is 0.341 e. The van der Waals surface area contributed by atoms with Gasteiger partial charge in [-0.1, -0.05) is 6.07 Å². The number of pyridine rings is 2.